The molecule has 0 radical (unpaired) electrons. The van der Waals surface area contributed by atoms with Gasteiger partial charge in [0.2, 0.25) is 5.91 Å². The summed E-state index contributed by atoms with van der Waals surface area (Å²) in [5, 5.41) is 3.84. The summed E-state index contributed by atoms with van der Waals surface area (Å²) in [4.78, 5) is 14.7. The van der Waals surface area contributed by atoms with Gasteiger partial charge in [-0.15, -0.1) is 0 Å². The van der Waals surface area contributed by atoms with E-state index in [9.17, 15) is 4.79 Å². The van der Waals surface area contributed by atoms with Crippen molar-refractivity contribution in [2.24, 2.45) is 0 Å². The van der Waals surface area contributed by atoms with Crippen molar-refractivity contribution in [3.05, 3.63) is 34.9 Å². The van der Waals surface area contributed by atoms with Crippen molar-refractivity contribution in [1.82, 2.24) is 10.2 Å². The highest BCUT2D eigenvalue weighted by molar-refractivity contribution is 6.30. The average molecular weight is 309 g/mol. The Balaban J connectivity index is 1.97. The minimum Gasteiger partial charge on any atom is -0.347 e. The molecule has 1 N–H and O–H groups in total. The Kier molecular flexibility index (Phi) is 5.28. The first kappa shape index (κ1) is 16.3. The van der Waals surface area contributed by atoms with Crippen LogP contribution in [0, 0.1) is 0 Å². The second-order valence-electron chi connectivity index (χ2n) is 6.52. The number of nitrogens with zero attached hydrogens (tertiary/aromatic N) is 1. The maximum atomic E-state index is 12.4. The fraction of sp³-hybridized carbons (Fsp3) is 0.588. The van der Waals surface area contributed by atoms with Crippen molar-refractivity contribution in [3.8, 4) is 0 Å². The summed E-state index contributed by atoms with van der Waals surface area (Å²) >= 11 is 6.04. The summed E-state index contributed by atoms with van der Waals surface area (Å²) in [7, 11) is 2.11. The molecule has 116 valence electrons. The number of nitrogens with one attached hydrogen (secondary N) is 1. The molecule has 1 unspecified atom stereocenters. The van der Waals surface area contributed by atoms with E-state index >= 15 is 0 Å². The fourth-order valence-corrected chi connectivity index (χ4v) is 3.16. The van der Waals surface area contributed by atoms with E-state index in [1.807, 2.05) is 38.1 Å². The molecule has 3 nitrogen and oxygen atoms in total. The Bertz CT molecular complexity index is 501. The number of hydrogen-bond donors (Lipinski definition) is 1. The van der Waals surface area contributed by atoms with E-state index < -0.39 is 5.54 Å². The summed E-state index contributed by atoms with van der Waals surface area (Å²) in [6.45, 7) is 5.12. The molecule has 0 bridgehead atoms. The predicted octanol–water partition coefficient (Wildman–Crippen LogP) is 3.57. The maximum Gasteiger partial charge on any atom is 0.222 e. The van der Waals surface area contributed by atoms with Crippen molar-refractivity contribution < 1.29 is 4.79 Å². The third kappa shape index (κ3) is 4.45. The van der Waals surface area contributed by atoms with Gasteiger partial charge >= 0.3 is 0 Å². The third-order valence-electron chi connectivity index (χ3n) is 4.34. The van der Waals surface area contributed by atoms with Crippen LogP contribution in [0.3, 0.4) is 0 Å². The molecule has 21 heavy (non-hydrogen) atoms. The SMILES string of the molecule is CN1CCCCC1CC(=O)NC(C)(C)c1cccc(Cl)c1. The standard InChI is InChI=1S/C17H25ClN2O/c1-17(2,13-7-6-8-14(18)11-13)19-16(21)12-15-9-4-5-10-20(15)3/h6-8,11,15H,4-5,9-10,12H2,1-3H3,(H,19,21). The van der Waals surface area contributed by atoms with Crippen LogP contribution in [0.5, 0.6) is 0 Å². The molecule has 0 saturated carbocycles. The molecule has 1 aromatic carbocycles. The Morgan fingerprint density at radius 2 is 2.19 bits per heavy atom. The zero-order valence-corrected chi connectivity index (χ0v) is 13.9. The van der Waals surface area contributed by atoms with Crippen molar-refractivity contribution in [1.29, 1.82) is 0 Å². The molecule has 1 fully saturated rings. The molecule has 1 amide bonds. The first-order valence-electron chi connectivity index (χ1n) is 7.66. The summed E-state index contributed by atoms with van der Waals surface area (Å²) in [5.74, 6) is 0.110. The van der Waals surface area contributed by atoms with E-state index in [0.29, 0.717) is 17.5 Å². The largest absolute Gasteiger partial charge is 0.347 e. The van der Waals surface area contributed by atoms with Crippen molar-refractivity contribution in [2.45, 2.75) is 51.1 Å². The molecule has 4 heteroatoms. The Labute approximate surface area is 132 Å². The van der Waals surface area contributed by atoms with Gasteiger partial charge < -0.3 is 10.2 Å². The number of carbonyl (C=O) groups excluding carboxylic acids is 1. The molecule has 0 spiro atoms. The zero-order valence-electron chi connectivity index (χ0n) is 13.2. The van der Waals surface area contributed by atoms with E-state index in [-0.39, 0.29) is 5.91 Å². The second kappa shape index (κ2) is 6.80. The van der Waals surface area contributed by atoms with Crippen molar-refractivity contribution >= 4 is 17.5 Å². The van der Waals surface area contributed by atoms with Crippen LogP contribution in [0.1, 0.15) is 45.1 Å². The number of hydrogen-bond acceptors (Lipinski definition) is 2. The van der Waals surface area contributed by atoms with Crippen molar-refractivity contribution in [3.63, 3.8) is 0 Å². The van der Waals surface area contributed by atoms with E-state index in [1.54, 1.807) is 0 Å². The highest BCUT2D eigenvalue weighted by Gasteiger charge is 2.26. The van der Waals surface area contributed by atoms with E-state index in [0.717, 1.165) is 18.5 Å². The molecular weight excluding hydrogens is 284 g/mol. The second-order valence-corrected chi connectivity index (χ2v) is 6.95. The number of rotatable bonds is 4. The predicted molar refractivity (Wildman–Crippen MR) is 87.5 cm³/mol. The minimum absolute atomic E-state index is 0.110. The average Bonchev–Trinajstić information content (AvgIpc) is 2.41. The molecule has 0 aliphatic carbocycles. The summed E-state index contributed by atoms with van der Waals surface area (Å²) in [5.41, 5.74) is 0.621. The lowest BCUT2D eigenvalue weighted by atomic mass is 9.93. The van der Waals surface area contributed by atoms with Crippen LogP contribution in [-0.4, -0.2) is 30.4 Å². The van der Waals surface area contributed by atoms with Crippen molar-refractivity contribution in [2.75, 3.05) is 13.6 Å². The van der Waals surface area contributed by atoms with Gasteiger partial charge in [0.1, 0.15) is 0 Å². The van der Waals surface area contributed by atoms with Gasteiger partial charge in [0, 0.05) is 17.5 Å². The smallest absolute Gasteiger partial charge is 0.222 e. The van der Waals surface area contributed by atoms with Crippen LogP contribution in [0.25, 0.3) is 0 Å². The molecule has 2 rings (SSSR count). The van der Waals surface area contributed by atoms with Crippen LogP contribution < -0.4 is 5.32 Å². The monoisotopic (exact) mass is 308 g/mol. The van der Waals surface area contributed by atoms with Gasteiger partial charge in [0.15, 0.2) is 0 Å². The number of benzene rings is 1. The summed E-state index contributed by atoms with van der Waals surface area (Å²) < 4.78 is 0. The van der Waals surface area contributed by atoms with Crippen LogP contribution in [0.4, 0.5) is 0 Å². The molecular formula is C17H25ClN2O. The third-order valence-corrected chi connectivity index (χ3v) is 4.58. The lowest BCUT2D eigenvalue weighted by Gasteiger charge is -2.33. The quantitative estimate of drug-likeness (QED) is 0.922. The van der Waals surface area contributed by atoms with Gasteiger partial charge in [-0.1, -0.05) is 30.2 Å². The lowest BCUT2D eigenvalue weighted by molar-refractivity contribution is -0.124. The summed E-state index contributed by atoms with van der Waals surface area (Å²) in [6, 6.07) is 8.04. The number of piperidine rings is 1. The highest BCUT2D eigenvalue weighted by Crippen LogP contribution is 2.24. The Hall–Kier alpha value is -1.06. The maximum absolute atomic E-state index is 12.4. The van der Waals surface area contributed by atoms with Gasteiger partial charge in [-0.3, -0.25) is 4.79 Å². The molecule has 1 aliphatic rings. The first-order valence-corrected chi connectivity index (χ1v) is 8.03. The minimum atomic E-state index is -0.408. The Morgan fingerprint density at radius 3 is 2.86 bits per heavy atom. The van der Waals surface area contributed by atoms with Crippen LogP contribution in [0.15, 0.2) is 24.3 Å². The van der Waals surface area contributed by atoms with Gasteiger partial charge in [-0.05, 0) is 58.0 Å². The topological polar surface area (TPSA) is 32.3 Å². The zero-order chi connectivity index (χ0) is 15.5. The molecule has 1 saturated heterocycles. The van der Waals surface area contributed by atoms with E-state index in [2.05, 4.69) is 17.3 Å². The normalized spacial score (nSPS) is 20.3. The first-order chi connectivity index (χ1) is 9.88. The summed E-state index contributed by atoms with van der Waals surface area (Å²) in [6.07, 6.45) is 4.14. The number of carbonyl (C=O) groups is 1. The molecule has 0 aromatic heterocycles. The van der Waals surface area contributed by atoms with Gasteiger partial charge in [-0.25, -0.2) is 0 Å². The molecule has 1 aliphatic heterocycles. The number of likely N-dealkylation sites (tertiary alicyclic amines) is 1. The molecule has 1 heterocycles. The number of halogens is 1. The van der Waals surface area contributed by atoms with Crippen LogP contribution in [-0.2, 0) is 10.3 Å². The fourth-order valence-electron chi connectivity index (χ4n) is 2.97. The number of amides is 1. The Morgan fingerprint density at radius 1 is 1.43 bits per heavy atom. The van der Waals surface area contributed by atoms with Crippen LogP contribution >= 0.6 is 11.6 Å². The van der Waals surface area contributed by atoms with Crippen LogP contribution in [0.2, 0.25) is 5.02 Å². The van der Waals surface area contributed by atoms with E-state index in [4.69, 9.17) is 11.6 Å². The molecule has 1 atom stereocenters. The lowest BCUT2D eigenvalue weighted by Crippen LogP contribution is -2.45. The van der Waals surface area contributed by atoms with Gasteiger partial charge in [0.05, 0.1) is 5.54 Å². The molecule has 1 aromatic rings. The highest BCUT2D eigenvalue weighted by atomic mass is 35.5. The van der Waals surface area contributed by atoms with Gasteiger partial charge in [-0.2, -0.15) is 0 Å². The van der Waals surface area contributed by atoms with E-state index in [1.165, 1.54) is 12.8 Å². The van der Waals surface area contributed by atoms with Gasteiger partial charge in [0.25, 0.3) is 0 Å².